The molecular formula is C7H16N2. The molecular weight excluding hydrogens is 112 g/mol. The van der Waals surface area contributed by atoms with Gasteiger partial charge in [-0.1, -0.05) is 27.2 Å². The molecule has 2 N–H and O–H groups in total. The van der Waals surface area contributed by atoms with Crippen LogP contribution in [-0.2, 0) is 0 Å². The summed E-state index contributed by atoms with van der Waals surface area (Å²) in [5.74, 6) is 0. The predicted octanol–water partition coefficient (Wildman–Crippen LogP) is 2.48. The third kappa shape index (κ3) is 18.8. The van der Waals surface area contributed by atoms with Crippen molar-refractivity contribution in [1.29, 1.82) is 10.8 Å². The molecule has 0 saturated carbocycles. The van der Waals surface area contributed by atoms with E-state index in [1.54, 1.807) is 0 Å². The van der Waals surface area contributed by atoms with Crippen LogP contribution < -0.4 is 0 Å². The first kappa shape index (κ1) is 11.2. The van der Waals surface area contributed by atoms with Crippen molar-refractivity contribution < 1.29 is 0 Å². The summed E-state index contributed by atoms with van der Waals surface area (Å²) >= 11 is 0. The number of hydrogen-bond acceptors (Lipinski definition) is 2. The highest BCUT2D eigenvalue weighted by Gasteiger charge is 1.77. The second-order valence-electron chi connectivity index (χ2n) is 1.73. The van der Waals surface area contributed by atoms with Gasteiger partial charge in [0.15, 0.2) is 0 Å². The van der Waals surface area contributed by atoms with Crippen LogP contribution in [0.2, 0.25) is 0 Å². The van der Waals surface area contributed by atoms with Gasteiger partial charge in [0.05, 0.1) is 0 Å². The van der Waals surface area contributed by atoms with Gasteiger partial charge in [-0.3, -0.25) is 0 Å². The molecule has 0 bridgehead atoms. The van der Waals surface area contributed by atoms with Gasteiger partial charge < -0.3 is 10.8 Å². The zero-order chi connectivity index (χ0) is 7.70. The van der Waals surface area contributed by atoms with Crippen LogP contribution >= 0.6 is 0 Å². The third-order valence-corrected chi connectivity index (χ3v) is 0.555. The van der Waals surface area contributed by atoms with Gasteiger partial charge in [0.1, 0.15) is 0 Å². The summed E-state index contributed by atoms with van der Waals surface area (Å²) in [4.78, 5) is 0. The first-order valence-corrected chi connectivity index (χ1v) is 3.30. The first-order chi connectivity index (χ1) is 4.22. The van der Waals surface area contributed by atoms with E-state index in [2.05, 4.69) is 13.8 Å². The molecule has 2 nitrogen and oxygen atoms in total. The molecule has 0 aromatic carbocycles. The number of rotatable bonds is 2. The van der Waals surface area contributed by atoms with Gasteiger partial charge in [0.25, 0.3) is 0 Å². The van der Waals surface area contributed by atoms with Crippen LogP contribution in [0.5, 0.6) is 0 Å². The Kier molecular flexibility index (Phi) is 12.9. The lowest BCUT2D eigenvalue weighted by Crippen LogP contribution is -1.90. The molecule has 0 aliphatic carbocycles. The molecule has 0 aromatic rings. The van der Waals surface area contributed by atoms with Crippen LogP contribution in [0.1, 0.15) is 33.6 Å². The zero-order valence-corrected chi connectivity index (χ0v) is 6.49. The van der Waals surface area contributed by atoms with Crippen LogP contribution in [0.15, 0.2) is 0 Å². The Balaban J connectivity index is 0. The molecule has 0 heterocycles. The van der Waals surface area contributed by atoms with E-state index in [4.69, 9.17) is 10.8 Å². The quantitative estimate of drug-likeness (QED) is 0.537. The highest BCUT2D eigenvalue weighted by molar-refractivity contribution is 6.27. The average molecular weight is 128 g/mol. The Morgan fingerprint density at radius 3 is 1.67 bits per heavy atom. The lowest BCUT2D eigenvalue weighted by molar-refractivity contribution is 1.09. The molecule has 54 valence electrons. The third-order valence-electron chi connectivity index (χ3n) is 0.555. The van der Waals surface area contributed by atoms with E-state index in [1.165, 1.54) is 6.42 Å². The van der Waals surface area contributed by atoms with Gasteiger partial charge in [-0.25, -0.2) is 0 Å². The van der Waals surface area contributed by atoms with Crippen molar-refractivity contribution in [3.05, 3.63) is 0 Å². The number of nitrogens with one attached hydrogen (secondary N) is 2. The van der Waals surface area contributed by atoms with Gasteiger partial charge in [-0.2, -0.15) is 0 Å². The monoisotopic (exact) mass is 128 g/mol. The molecule has 2 heteroatoms. The molecule has 0 aromatic heterocycles. The van der Waals surface area contributed by atoms with E-state index in [1.807, 2.05) is 6.92 Å². The van der Waals surface area contributed by atoms with Crippen LogP contribution in [0.25, 0.3) is 0 Å². The van der Waals surface area contributed by atoms with Crippen LogP contribution in [0, 0.1) is 10.8 Å². The smallest absolute Gasteiger partial charge is 0.0486 e. The fourth-order valence-corrected chi connectivity index (χ4v) is 0.102. The fraction of sp³-hybridized carbons (Fsp3) is 0.714. The summed E-state index contributed by atoms with van der Waals surface area (Å²) in [6.07, 6.45) is 2.98. The van der Waals surface area contributed by atoms with Crippen LogP contribution in [0.4, 0.5) is 0 Å². The normalized spacial score (nSPS) is 7.00. The maximum Gasteiger partial charge on any atom is 0.0486 e. The molecule has 0 spiro atoms. The van der Waals surface area contributed by atoms with Gasteiger partial charge >= 0.3 is 0 Å². The standard InChI is InChI=1S/C4H8N2.C3H8/c1-2-4(6)3-5;1-3-2/h3,5-6H,2H2,1H3;3H2,1-2H3. The Morgan fingerprint density at radius 2 is 1.67 bits per heavy atom. The summed E-state index contributed by atoms with van der Waals surface area (Å²) in [7, 11) is 0. The topological polar surface area (TPSA) is 47.7 Å². The first-order valence-electron chi connectivity index (χ1n) is 3.30. The van der Waals surface area contributed by atoms with Crippen molar-refractivity contribution in [2.45, 2.75) is 33.6 Å². The molecule has 0 aliphatic rings. The van der Waals surface area contributed by atoms with Crippen molar-refractivity contribution in [2.75, 3.05) is 0 Å². The van der Waals surface area contributed by atoms with E-state index < -0.39 is 0 Å². The van der Waals surface area contributed by atoms with Gasteiger partial charge in [0, 0.05) is 11.9 Å². The van der Waals surface area contributed by atoms with Crippen molar-refractivity contribution in [3.63, 3.8) is 0 Å². The van der Waals surface area contributed by atoms with Crippen molar-refractivity contribution in [1.82, 2.24) is 0 Å². The van der Waals surface area contributed by atoms with Gasteiger partial charge in [0.2, 0.25) is 0 Å². The van der Waals surface area contributed by atoms with Crippen LogP contribution in [-0.4, -0.2) is 11.9 Å². The maximum absolute atomic E-state index is 6.74. The maximum atomic E-state index is 6.74. The Labute approximate surface area is 57.3 Å². The Morgan fingerprint density at radius 1 is 1.33 bits per heavy atom. The molecule has 0 fully saturated rings. The fourth-order valence-electron chi connectivity index (χ4n) is 0.102. The largest absolute Gasteiger partial charge is 0.307 e. The Hall–Kier alpha value is -0.660. The zero-order valence-electron chi connectivity index (χ0n) is 6.49. The van der Waals surface area contributed by atoms with E-state index in [0.717, 1.165) is 6.21 Å². The summed E-state index contributed by atoms with van der Waals surface area (Å²) in [6, 6.07) is 0. The number of hydrogen-bond donors (Lipinski definition) is 2. The lowest BCUT2D eigenvalue weighted by Gasteiger charge is -1.79. The van der Waals surface area contributed by atoms with Crippen molar-refractivity contribution in [3.8, 4) is 0 Å². The summed E-state index contributed by atoms with van der Waals surface area (Å²) in [5.41, 5.74) is 0.384. The minimum Gasteiger partial charge on any atom is -0.307 e. The van der Waals surface area contributed by atoms with Crippen LogP contribution in [0.3, 0.4) is 0 Å². The molecule has 0 aliphatic heterocycles. The van der Waals surface area contributed by atoms with Gasteiger partial charge in [-0.15, -0.1) is 0 Å². The van der Waals surface area contributed by atoms with E-state index in [-0.39, 0.29) is 0 Å². The minimum atomic E-state index is 0.384. The highest BCUT2D eigenvalue weighted by atomic mass is 14.4. The summed E-state index contributed by atoms with van der Waals surface area (Å²) < 4.78 is 0. The average Bonchev–Trinajstić information content (AvgIpc) is 1.88. The van der Waals surface area contributed by atoms with Gasteiger partial charge in [-0.05, 0) is 6.42 Å². The second kappa shape index (κ2) is 10.3. The molecule has 0 radical (unpaired) electrons. The lowest BCUT2D eigenvalue weighted by atomic mass is 10.3. The van der Waals surface area contributed by atoms with E-state index in [9.17, 15) is 0 Å². The second-order valence-corrected chi connectivity index (χ2v) is 1.73. The molecule has 0 rings (SSSR count). The van der Waals surface area contributed by atoms with E-state index in [0.29, 0.717) is 12.1 Å². The van der Waals surface area contributed by atoms with E-state index >= 15 is 0 Å². The molecule has 0 amide bonds. The molecule has 0 unspecified atom stereocenters. The summed E-state index contributed by atoms with van der Waals surface area (Å²) in [6.45, 7) is 6.10. The van der Waals surface area contributed by atoms with Crippen molar-refractivity contribution in [2.24, 2.45) is 0 Å². The minimum absolute atomic E-state index is 0.384. The van der Waals surface area contributed by atoms with Crippen molar-refractivity contribution >= 4 is 11.9 Å². The molecule has 0 atom stereocenters. The molecule has 9 heavy (non-hydrogen) atoms. The Bertz CT molecular complexity index is 77.0. The summed E-state index contributed by atoms with van der Waals surface area (Å²) in [5, 5.41) is 13.2. The molecule has 0 saturated heterocycles. The highest BCUT2D eigenvalue weighted by Crippen LogP contribution is 1.71. The SMILES string of the molecule is CCC.CCC(=N)C=N. The predicted molar refractivity (Wildman–Crippen MR) is 42.8 cm³/mol.